The Kier molecular flexibility index (Phi) is 5.42. The number of nitrogens with zero attached hydrogens (tertiary/aromatic N) is 5. The fourth-order valence-corrected chi connectivity index (χ4v) is 1.97. The van der Waals surface area contributed by atoms with Crippen LogP contribution >= 0.6 is 11.8 Å². The Bertz CT molecular complexity index is 407. The van der Waals surface area contributed by atoms with Crippen LogP contribution in [0.2, 0.25) is 0 Å². The largest absolute Gasteiger partial charge is 0.481 e. The molecule has 0 bridgehead atoms. The lowest BCUT2D eigenvalue weighted by Crippen LogP contribution is -2.30. The molecule has 1 N–H and O–H groups in total. The Labute approximate surface area is 111 Å². The standard InChI is InChI=1S/C10H19N5O2S/c1-13(2)5-6-14(3)9-11-12-10(15(9)4)18-7-8(16)17/h5-7H2,1-4H3,(H,16,17). The van der Waals surface area contributed by atoms with E-state index in [9.17, 15) is 4.79 Å². The molecule has 0 amide bonds. The van der Waals surface area contributed by atoms with Crippen LogP contribution < -0.4 is 4.90 Å². The summed E-state index contributed by atoms with van der Waals surface area (Å²) in [7, 11) is 7.81. The van der Waals surface area contributed by atoms with Crippen molar-refractivity contribution < 1.29 is 9.90 Å². The molecule has 0 spiro atoms. The molecule has 0 saturated heterocycles. The number of aliphatic carboxylic acids is 1. The summed E-state index contributed by atoms with van der Waals surface area (Å²) in [6.45, 7) is 1.75. The van der Waals surface area contributed by atoms with Crippen molar-refractivity contribution in [2.24, 2.45) is 7.05 Å². The molecule has 102 valence electrons. The molecule has 1 aromatic heterocycles. The van der Waals surface area contributed by atoms with Gasteiger partial charge in [0.25, 0.3) is 0 Å². The number of aromatic nitrogens is 3. The van der Waals surface area contributed by atoms with E-state index in [2.05, 4.69) is 15.1 Å². The summed E-state index contributed by atoms with van der Waals surface area (Å²) in [5, 5.41) is 17.3. The first-order valence-corrected chi connectivity index (χ1v) is 6.50. The molecular formula is C10H19N5O2S. The van der Waals surface area contributed by atoms with E-state index < -0.39 is 5.97 Å². The van der Waals surface area contributed by atoms with Crippen LogP contribution in [0.15, 0.2) is 5.16 Å². The van der Waals surface area contributed by atoms with Crippen LogP contribution in [0.5, 0.6) is 0 Å². The smallest absolute Gasteiger partial charge is 0.313 e. The fourth-order valence-electron chi connectivity index (χ4n) is 1.34. The highest BCUT2D eigenvalue weighted by Gasteiger charge is 2.13. The predicted octanol–water partition coefficient (Wildman–Crippen LogP) is -0.0104. The molecule has 0 saturated carbocycles. The summed E-state index contributed by atoms with van der Waals surface area (Å²) in [6.07, 6.45) is 0. The number of hydrogen-bond acceptors (Lipinski definition) is 6. The summed E-state index contributed by atoms with van der Waals surface area (Å²) >= 11 is 1.17. The van der Waals surface area contributed by atoms with E-state index in [-0.39, 0.29) is 5.75 Å². The quantitative estimate of drug-likeness (QED) is 0.700. The van der Waals surface area contributed by atoms with E-state index >= 15 is 0 Å². The van der Waals surface area contributed by atoms with Gasteiger partial charge >= 0.3 is 5.97 Å². The van der Waals surface area contributed by atoms with Crippen LogP contribution in [0.3, 0.4) is 0 Å². The van der Waals surface area contributed by atoms with Gasteiger partial charge < -0.3 is 14.9 Å². The summed E-state index contributed by atoms with van der Waals surface area (Å²) in [4.78, 5) is 14.6. The van der Waals surface area contributed by atoms with Gasteiger partial charge in [0.15, 0.2) is 5.16 Å². The minimum Gasteiger partial charge on any atom is -0.481 e. The molecule has 1 aromatic rings. The molecule has 18 heavy (non-hydrogen) atoms. The summed E-state index contributed by atoms with van der Waals surface area (Å²) in [6, 6.07) is 0. The molecule has 0 radical (unpaired) electrons. The second-order valence-corrected chi connectivity index (χ2v) is 5.19. The van der Waals surface area contributed by atoms with Gasteiger partial charge in [0, 0.05) is 27.2 Å². The van der Waals surface area contributed by atoms with Gasteiger partial charge in [0.05, 0.1) is 5.75 Å². The van der Waals surface area contributed by atoms with Crippen molar-refractivity contribution in [3.8, 4) is 0 Å². The van der Waals surface area contributed by atoms with Crippen LogP contribution in [0.1, 0.15) is 0 Å². The molecule has 0 aliphatic rings. The van der Waals surface area contributed by atoms with Gasteiger partial charge in [-0.2, -0.15) is 0 Å². The first-order valence-electron chi connectivity index (χ1n) is 5.51. The Morgan fingerprint density at radius 2 is 2.00 bits per heavy atom. The molecule has 7 nitrogen and oxygen atoms in total. The van der Waals surface area contributed by atoms with E-state index in [4.69, 9.17) is 5.11 Å². The molecule has 0 aliphatic heterocycles. The summed E-state index contributed by atoms with van der Waals surface area (Å²) < 4.78 is 1.81. The van der Waals surface area contributed by atoms with Gasteiger partial charge in [-0.1, -0.05) is 11.8 Å². The fraction of sp³-hybridized carbons (Fsp3) is 0.700. The second-order valence-electron chi connectivity index (χ2n) is 4.25. The SMILES string of the molecule is CN(C)CCN(C)c1nnc(SCC(=O)O)n1C. The number of carbonyl (C=O) groups is 1. The topological polar surface area (TPSA) is 74.5 Å². The normalized spacial score (nSPS) is 10.9. The van der Waals surface area contributed by atoms with E-state index in [0.717, 1.165) is 19.0 Å². The Morgan fingerprint density at radius 3 is 2.56 bits per heavy atom. The molecule has 0 fully saturated rings. The lowest BCUT2D eigenvalue weighted by atomic mass is 10.5. The number of carboxylic acids is 1. The zero-order chi connectivity index (χ0) is 13.7. The van der Waals surface area contributed by atoms with Crippen molar-refractivity contribution in [3.05, 3.63) is 0 Å². The Morgan fingerprint density at radius 1 is 1.33 bits per heavy atom. The van der Waals surface area contributed by atoms with Crippen LogP contribution in [0, 0.1) is 0 Å². The van der Waals surface area contributed by atoms with E-state index in [1.807, 2.05) is 37.7 Å². The number of hydrogen-bond donors (Lipinski definition) is 1. The number of rotatable bonds is 7. The lowest BCUT2D eigenvalue weighted by Gasteiger charge is -2.19. The maximum absolute atomic E-state index is 10.5. The summed E-state index contributed by atoms with van der Waals surface area (Å²) in [5.41, 5.74) is 0. The van der Waals surface area contributed by atoms with Crippen LogP contribution in [0.4, 0.5) is 5.95 Å². The highest BCUT2D eigenvalue weighted by Crippen LogP contribution is 2.19. The summed E-state index contributed by atoms with van der Waals surface area (Å²) in [5.74, 6) is -0.122. The molecule has 0 aromatic carbocycles. The Balaban J connectivity index is 2.64. The van der Waals surface area contributed by atoms with E-state index in [1.165, 1.54) is 11.8 Å². The number of carboxylic acid groups (broad SMARTS) is 1. The van der Waals surface area contributed by atoms with Crippen molar-refractivity contribution >= 4 is 23.7 Å². The minimum absolute atomic E-state index is 0.00656. The maximum Gasteiger partial charge on any atom is 0.313 e. The van der Waals surface area contributed by atoms with Gasteiger partial charge in [-0.05, 0) is 14.1 Å². The maximum atomic E-state index is 10.5. The highest BCUT2D eigenvalue weighted by atomic mass is 32.2. The minimum atomic E-state index is -0.856. The predicted molar refractivity (Wildman–Crippen MR) is 71.2 cm³/mol. The second kappa shape index (κ2) is 6.60. The van der Waals surface area contributed by atoms with Crippen molar-refractivity contribution in [2.75, 3.05) is 44.9 Å². The van der Waals surface area contributed by atoms with Gasteiger partial charge in [0.2, 0.25) is 5.95 Å². The van der Waals surface area contributed by atoms with Crippen LogP contribution in [-0.4, -0.2) is 70.7 Å². The van der Waals surface area contributed by atoms with Crippen LogP contribution in [0.25, 0.3) is 0 Å². The van der Waals surface area contributed by atoms with Crippen LogP contribution in [-0.2, 0) is 11.8 Å². The molecule has 0 unspecified atom stereocenters. The third-order valence-electron chi connectivity index (χ3n) is 2.36. The van der Waals surface area contributed by atoms with Crippen molar-refractivity contribution in [1.29, 1.82) is 0 Å². The average Bonchev–Trinajstić information content (AvgIpc) is 2.65. The lowest BCUT2D eigenvalue weighted by molar-refractivity contribution is -0.133. The first-order chi connectivity index (χ1) is 8.41. The zero-order valence-corrected chi connectivity index (χ0v) is 11.9. The highest BCUT2D eigenvalue weighted by molar-refractivity contribution is 7.99. The molecule has 8 heteroatoms. The third kappa shape index (κ3) is 4.19. The van der Waals surface area contributed by atoms with Crippen molar-refractivity contribution in [1.82, 2.24) is 19.7 Å². The first kappa shape index (κ1) is 14.8. The third-order valence-corrected chi connectivity index (χ3v) is 3.37. The van der Waals surface area contributed by atoms with Gasteiger partial charge in [-0.15, -0.1) is 10.2 Å². The van der Waals surface area contributed by atoms with E-state index in [0.29, 0.717) is 5.16 Å². The monoisotopic (exact) mass is 273 g/mol. The molecular weight excluding hydrogens is 254 g/mol. The van der Waals surface area contributed by atoms with Crippen molar-refractivity contribution in [2.45, 2.75) is 5.16 Å². The number of thioether (sulfide) groups is 1. The van der Waals surface area contributed by atoms with Gasteiger partial charge in [-0.3, -0.25) is 9.36 Å². The zero-order valence-electron chi connectivity index (χ0n) is 11.1. The molecule has 0 atom stereocenters. The molecule has 1 rings (SSSR count). The molecule has 0 aliphatic carbocycles. The van der Waals surface area contributed by atoms with Gasteiger partial charge in [-0.25, -0.2) is 0 Å². The van der Waals surface area contributed by atoms with Gasteiger partial charge in [0.1, 0.15) is 0 Å². The average molecular weight is 273 g/mol. The number of likely N-dealkylation sites (N-methyl/N-ethyl adjacent to an activating group) is 2. The number of anilines is 1. The van der Waals surface area contributed by atoms with Crippen molar-refractivity contribution in [3.63, 3.8) is 0 Å². The molecule has 1 heterocycles. The van der Waals surface area contributed by atoms with E-state index in [1.54, 1.807) is 0 Å². The Hall–Kier alpha value is -1.28.